The molecule has 0 bridgehead atoms. The topological polar surface area (TPSA) is 155 Å². The molecule has 2 aromatic heterocycles. The number of rotatable bonds is 7. The van der Waals surface area contributed by atoms with E-state index >= 15 is 0 Å². The SMILES string of the molecule is COC(=O)Nc1cc(Nc2cc(NC3CC3)c3ncc(C#N)n3n2)cc(C(=O)NC2CCOCC2)c1. The Bertz CT molecular complexity index is 1340. The average molecular weight is 491 g/mol. The molecule has 0 unspecified atom stereocenters. The van der Waals surface area contributed by atoms with Crippen LogP contribution in [0.2, 0.25) is 0 Å². The number of carbonyl (C=O) groups excluding carboxylic acids is 2. The number of aromatic nitrogens is 3. The van der Waals surface area contributed by atoms with Crippen molar-refractivity contribution < 1.29 is 19.1 Å². The van der Waals surface area contributed by atoms with Crippen molar-refractivity contribution in [2.24, 2.45) is 0 Å². The molecule has 1 aromatic carbocycles. The first-order valence-electron chi connectivity index (χ1n) is 11.7. The summed E-state index contributed by atoms with van der Waals surface area (Å²) in [5, 5.41) is 26.3. The molecule has 1 saturated carbocycles. The lowest BCUT2D eigenvalue weighted by Crippen LogP contribution is -2.38. The van der Waals surface area contributed by atoms with Crippen LogP contribution in [0, 0.1) is 11.3 Å². The van der Waals surface area contributed by atoms with Crippen molar-refractivity contribution in [2.45, 2.75) is 37.8 Å². The number of ether oxygens (including phenoxy) is 2. The van der Waals surface area contributed by atoms with Crippen LogP contribution in [0.4, 0.5) is 27.7 Å². The number of hydrogen-bond donors (Lipinski definition) is 4. The van der Waals surface area contributed by atoms with Crippen molar-refractivity contribution in [3.05, 3.63) is 41.7 Å². The maximum absolute atomic E-state index is 13.0. The van der Waals surface area contributed by atoms with Gasteiger partial charge >= 0.3 is 6.09 Å². The molecule has 4 N–H and O–H groups in total. The van der Waals surface area contributed by atoms with Gasteiger partial charge in [0.1, 0.15) is 6.07 Å². The van der Waals surface area contributed by atoms with Gasteiger partial charge in [-0.2, -0.15) is 9.78 Å². The molecule has 5 rings (SSSR count). The van der Waals surface area contributed by atoms with E-state index in [9.17, 15) is 14.9 Å². The number of nitrogens with zero attached hydrogens (tertiary/aromatic N) is 4. The van der Waals surface area contributed by atoms with E-state index in [1.54, 1.807) is 18.2 Å². The van der Waals surface area contributed by atoms with E-state index in [1.807, 2.05) is 6.07 Å². The minimum atomic E-state index is -0.657. The minimum Gasteiger partial charge on any atom is -0.453 e. The van der Waals surface area contributed by atoms with Gasteiger partial charge in [0.25, 0.3) is 5.91 Å². The predicted molar refractivity (Wildman–Crippen MR) is 131 cm³/mol. The second kappa shape index (κ2) is 10.1. The molecule has 2 amide bonds. The Kier molecular flexibility index (Phi) is 6.55. The van der Waals surface area contributed by atoms with Crippen LogP contribution in [0.15, 0.2) is 30.5 Å². The zero-order valence-corrected chi connectivity index (χ0v) is 19.7. The van der Waals surface area contributed by atoms with E-state index in [-0.39, 0.29) is 11.9 Å². The largest absolute Gasteiger partial charge is 0.453 e. The Labute approximate surface area is 207 Å². The minimum absolute atomic E-state index is 0.0191. The third-order valence-electron chi connectivity index (χ3n) is 5.98. The molecule has 3 heterocycles. The fourth-order valence-electron chi connectivity index (χ4n) is 3.99. The highest BCUT2D eigenvalue weighted by molar-refractivity contribution is 5.98. The average Bonchev–Trinajstić information content (AvgIpc) is 3.60. The molecule has 1 aliphatic carbocycles. The van der Waals surface area contributed by atoms with Crippen molar-refractivity contribution in [2.75, 3.05) is 36.3 Å². The zero-order chi connectivity index (χ0) is 25.1. The van der Waals surface area contributed by atoms with Crippen LogP contribution in [0.25, 0.3) is 5.65 Å². The first-order chi connectivity index (χ1) is 17.5. The van der Waals surface area contributed by atoms with Gasteiger partial charge in [-0.3, -0.25) is 10.1 Å². The summed E-state index contributed by atoms with van der Waals surface area (Å²) in [6.45, 7) is 1.21. The molecule has 2 aliphatic rings. The summed E-state index contributed by atoms with van der Waals surface area (Å²) >= 11 is 0. The molecule has 12 nitrogen and oxygen atoms in total. The number of amides is 2. The number of anilines is 4. The van der Waals surface area contributed by atoms with Crippen LogP contribution in [0.3, 0.4) is 0 Å². The zero-order valence-electron chi connectivity index (χ0n) is 19.7. The van der Waals surface area contributed by atoms with Gasteiger partial charge in [0.2, 0.25) is 0 Å². The van der Waals surface area contributed by atoms with Crippen molar-refractivity contribution in [1.82, 2.24) is 19.9 Å². The van der Waals surface area contributed by atoms with Gasteiger partial charge in [0, 0.05) is 48.3 Å². The summed E-state index contributed by atoms with van der Waals surface area (Å²) in [5.41, 5.74) is 2.85. The first kappa shape index (κ1) is 23.4. The lowest BCUT2D eigenvalue weighted by molar-refractivity contribution is 0.0696. The summed E-state index contributed by atoms with van der Waals surface area (Å²) < 4.78 is 11.6. The van der Waals surface area contributed by atoms with Gasteiger partial charge in [-0.05, 0) is 43.9 Å². The molecule has 0 atom stereocenters. The van der Waals surface area contributed by atoms with Crippen LogP contribution in [-0.4, -0.2) is 59.0 Å². The fourth-order valence-corrected chi connectivity index (χ4v) is 3.99. The van der Waals surface area contributed by atoms with Crippen LogP contribution in [0.5, 0.6) is 0 Å². The Morgan fingerprint density at radius 3 is 2.61 bits per heavy atom. The lowest BCUT2D eigenvalue weighted by atomic mass is 10.1. The highest BCUT2D eigenvalue weighted by atomic mass is 16.5. The van der Waals surface area contributed by atoms with E-state index in [0.717, 1.165) is 31.4 Å². The van der Waals surface area contributed by atoms with Gasteiger partial charge in [-0.1, -0.05) is 0 Å². The number of hydrogen-bond acceptors (Lipinski definition) is 9. The molecule has 2 fully saturated rings. The van der Waals surface area contributed by atoms with Crippen LogP contribution >= 0.6 is 0 Å². The van der Waals surface area contributed by atoms with Crippen LogP contribution < -0.4 is 21.3 Å². The third kappa shape index (κ3) is 5.31. The molecule has 0 radical (unpaired) electrons. The second-order valence-electron chi connectivity index (χ2n) is 8.75. The van der Waals surface area contributed by atoms with Crippen molar-refractivity contribution in [3.8, 4) is 6.07 Å². The molecule has 1 saturated heterocycles. The second-order valence-corrected chi connectivity index (χ2v) is 8.75. The maximum atomic E-state index is 13.0. The smallest absolute Gasteiger partial charge is 0.411 e. The van der Waals surface area contributed by atoms with Crippen LogP contribution in [-0.2, 0) is 9.47 Å². The normalized spacial score (nSPS) is 15.7. The number of nitrogens with one attached hydrogen (secondary N) is 4. The van der Waals surface area contributed by atoms with Crippen molar-refractivity contribution in [1.29, 1.82) is 5.26 Å². The summed E-state index contributed by atoms with van der Waals surface area (Å²) in [7, 11) is 1.27. The van der Waals surface area contributed by atoms with Crippen molar-refractivity contribution >= 4 is 40.5 Å². The Balaban J connectivity index is 1.46. The Morgan fingerprint density at radius 2 is 1.89 bits per heavy atom. The van der Waals surface area contributed by atoms with Gasteiger partial charge in [-0.25, -0.2) is 9.78 Å². The quantitative estimate of drug-likeness (QED) is 0.391. The van der Waals surface area contributed by atoms with Gasteiger partial charge in [0.15, 0.2) is 17.2 Å². The fraction of sp³-hybridized carbons (Fsp3) is 0.375. The highest BCUT2D eigenvalue weighted by Crippen LogP contribution is 2.30. The number of benzene rings is 1. The third-order valence-corrected chi connectivity index (χ3v) is 5.98. The molecule has 36 heavy (non-hydrogen) atoms. The number of fused-ring (bicyclic) bond motifs is 1. The molecule has 0 spiro atoms. The van der Waals surface area contributed by atoms with E-state index in [1.165, 1.54) is 17.8 Å². The van der Waals surface area contributed by atoms with E-state index < -0.39 is 6.09 Å². The number of carbonyl (C=O) groups is 2. The molecule has 3 aromatic rings. The van der Waals surface area contributed by atoms with Gasteiger partial charge < -0.3 is 25.4 Å². The maximum Gasteiger partial charge on any atom is 0.411 e. The molecular formula is C24H26N8O4. The molecule has 12 heteroatoms. The van der Waals surface area contributed by atoms with Crippen molar-refractivity contribution in [3.63, 3.8) is 0 Å². The van der Waals surface area contributed by atoms with Gasteiger partial charge in [-0.15, -0.1) is 5.10 Å². The summed E-state index contributed by atoms with van der Waals surface area (Å²) in [6, 6.07) is 9.21. The summed E-state index contributed by atoms with van der Waals surface area (Å²) in [4.78, 5) is 29.2. The van der Waals surface area contributed by atoms with E-state index in [0.29, 0.717) is 53.4 Å². The van der Waals surface area contributed by atoms with Crippen LogP contribution in [0.1, 0.15) is 41.7 Å². The molecule has 1 aliphatic heterocycles. The highest BCUT2D eigenvalue weighted by Gasteiger charge is 2.23. The molecular weight excluding hydrogens is 464 g/mol. The standard InChI is InChI=1S/C24H26N8O4/c1-35-24(34)30-18-9-14(23(33)29-16-4-6-36-7-5-16)8-17(10-18)28-21-11-20(27-15-2-3-15)22-26-13-19(12-25)32(22)31-21/h8-11,13,15-16,27H,2-7H2,1H3,(H,28,31)(H,29,33)(H,30,34). The van der Waals surface area contributed by atoms with Gasteiger partial charge in [0.05, 0.1) is 19.0 Å². The van der Waals surface area contributed by atoms with E-state index in [2.05, 4.69) is 37.4 Å². The first-order valence-corrected chi connectivity index (χ1v) is 11.7. The van der Waals surface area contributed by atoms with E-state index in [4.69, 9.17) is 9.47 Å². The predicted octanol–water partition coefficient (Wildman–Crippen LogP) is 3.01. The number of methoxy groups -OCH3 is 1. The lowest BCUT2D eigenvalue weighted by Gasteiger charge is -2.23. The number of imidazole rings is 1. The summed E-state index contributed by atoms with van der Waals surface area (Å²) in [6.07, 6.45) is 4.43. The molecule has 186 valence electrons. The summed E-state index contributed by atoms with van der Waals surface area (Å²) in [5.74, 6) is 0.172. The Morgan fingerprint density at radius 1 is 1.11 bits per heavy atom. The number of nitriles is 1. The monoisotopic (exact) mass is 490 g/mol. The Hall–Kier alpha value is -4.37.